The molecule has 10 heteroatoms. The van der Waals surface area contributed by atoms with Gasteiger partial charge in [0.1, 0.15) is 12.2 Å². The number of piperazine rings is 1. The van der Waals surface area contributed by atoms with Gasteiger partial charge in [-0.25, -0.2) is 9.59 Å². The molecule has 5 saturated carbocycles. The Balaban J connectivity index is 0.000000923. The summed E-state index contributed by atoms with van der Waals surface area (Å²) in [5.74, 6) is 1.74. The van der Waals surface area contributed by atoms with Gasteiger partial charge in [0.2, 0.25) is 5.91 Å². The molecule has 3 saturated heterocycles. The predicted molar refractivity (Wildman–Crippen MR) is 216 cm³/mol. The lowest BCUT2D eigenvalue weighted by atomic mass is 9.46. The average molecular weight is 774 g/mol. The summed E-state index contributed by atoms with van der Waals surface area (Å²) in [6, 6.07) is 0. The Morgan fingerprint density at radius 2 is 1.33 bits per heavy atom. The molecule has 12 atom stereocenters. The monoisotopic (exact) mass is 774 g/mol. The molecular weight excluding hydrogens is 695 g/mol. The molecule has 10 nitrogen and oxygen atoms in total. The number of aliphatic hydroxyl groups excluding tert-OH is 1. The highest BCUT2D eigenvalue weighted by Crippen LogP contribution is 2.87. The van der Waals surface area contributed by atoms with Crippen molar-refractivity contribution in [2.45, 2.75) is 178 Å². The van der Waals surface area contributed by atoms with Crippen molar-refractivity contribution < 1.29 is 33.7 Å². The number of hydrogen-bond acceptors (Lipinski definition) is 7. The largest absolute Gasteiger partial charge is 0.446 e. The number of likely N-dealkylation sites (tertiary alicyclic amines) is 1. The first-order chi connectivity index (χ1) is 26.2. The maximum Gasteiger partial charge on any atom is 0.410 e. The van der Waals surface area contributed by atoms with Crippen LogP contribution in [0.2, 0.25) is 0 Å². The van der Waals surface area contributed by atoms with E-state index in [-0.39, 0.29) is 76.0 Å². The van der Waals surface area contributed by atoms with Crippen molar-refractivity contribution in [3.05, 3.63) is 0 Å². The first-order valence-corrected chi connectivity index (χ1v) is 22.7. The molecule has 316 valence electrons. The number of amides is 3. The normalized spacial score (nSPS) is 40.9. The van der Waals surface area contributed by atoms with Crippen LogP contribution >= 0.6 is 0 Å². The first kappa shape index (κ1) is 44.0. The molecule has 3 amide bonds. The van der Waals surface area contributed by atoms with Crippen LogP contribution in [0.3, 0.4) is 0 Å². The minimum absolute atomic E-state index is 0.0535. The number of carbonyl (C=O) groups excluding carboxylic acids is 3. The van der Waals surface area contributed by atoms with Crippen LogP contribution < -0.4 is 0 Å². The third-order valence-electron chi connectivity index (χ3n) is 16.2. The van der Waals surface area contributed by atoms with Crippen LogP contribution in [0.15, 0.2) is 0 Å². The minimum atomic E-state index is -0.498. The van der Waals surface area contributed by atoms with Gasteiger partial charge in [0, 0.05) is 51.6 Å². The molecular formula is C45H79N3O7. The SMILES string of the molecule is CC.CC.CC.CC(=O)N1CCN(C(=O)OC2CCC34CC35CCC3(C)C6CCC(C(OC(=O)N7CCC7)C(C)C)OC6[C@H](O)C3C5CCC4C2(C)C)CC1. The quantitative estimate of drug-likeness (QED) is 0.304. The van der Waals surface area contributed by atoms with E-state index in [0.29, 0.717) is 43.9 Å². The first-order valence-electron chi connectivity index (χ1n) is 22.7. The van der Waals surface area contributed by atoms with Gasteiger partial charge < -0.3 is 34.0 Å². The molecule has 8 fully saturated rings. The zero-order valence-electron chi connectivity index (χ0n) is 36.8. The molecule has 0 aromatic heterocycles. The van der Waals surface area contributed by atoms with Crippen molar-refractivity contribution in [3.63, 3.8) is 0 Å². The van der Waals surface area contributed by atoms with Gasteiger partial charge in [0.25, 0.3) is 0 Å². The minimum Gasteiger partial charge on any atom is -0.446 e. The molecule has 11 unspecified atom stereocenters. The summed E-state index contributed by atoms with van der Waals surface area (Å²) < 4.78 is 19.3. The van der Waals surface area contributed by atoms with Crippen molar-refractivity contribution >= 4 is 18.1 Å². The lowest BCUT2D eigenvalue weighted by Crippen LogP contribution is -2.57. The zero-order valence-corrected chi connectivity index (χ0v) is 36.8. The summed E-state index contributed by atoms with van der Waals surface area (Å²) in [6.07, 6.45) is 9.00. The van der Waals surface area contributed by atoms with Crippen LogP contribution in [0.5, 0.6) is 0 Å². The Labute approximate surface area is 334 Å². The molecule has 3 heterocycles. The Morgan fingerprint density at radius 3 is 1.91 bits per heavy atom. The van der Waals surface area contributed by atoms with Crippen LogP contribution in [-0.4, -0.2) is 108 Å². The lowest BCUT2D eigenvalue weighted by molar-refractivity contribution is -0.165. The molecule has 55 heavy (non-hydrogen) atoms. The Kier molecular flexibility index (Phi) is 13.6. The van der Waals surface area contributed by atoms with E-state index in [1.54, 1.807) is 21.6 Å². The maximum absolute atomic E-state index is 13.4. The van der Waals surface area contributed by atoms with Crippen molar-refractivity contribution in [2.75, 3.05) is 39.3 Å². The van der Waals surface area contributed by atoms with Gasteiger partial charge in [-0.1, -0.05) is 76.2 Å². The molecule has 0 bridgehead atoms. The van der Waals surface area contributed by atoms with Crippen molar-refractivity contribution in [3.8, 4) is 0 Å². The van der Waals surface area contributed by atoms with Crippen LogP contribution in [0.25, 0.3) is 0 Å². The van der Waals surface area contributed by atoms with Crippen LogP contribution in [0.4, 0.5) is 9.59 Å². The van der Waals surface area contributed by atoms with Crippen molar-refractivity contribution in [2.24, 2.45) is 51.2 Å². The number of ether oxygens (including phenoxy) is 3. The average Bonchev–Trinajstić information content (AvgIpc) is 3.78. The number of hydrogen-bond donors (Lipinski definition) is 1. The number of carbonyl (C=O) groups is 3. The molecule has 0 radical (unpaired) electrons. The molecule has 8 aliphatic rings. The van der Waals surface area contributed by atoms with Gasteiger partial charge in [-0.05, 0) is 110 Å². The fraction of sp³-hybridized carbons (Fsp3) is 0.933. The fourth-order valence-electron chi connectivity index (χ4n) is 13.5. The fourth-order valence-corrected chi connectivity index (χ4v) is 13.5. The van der Waals surface area contributed by atoms with Gasteiger partial charge in [-0.3, -0.25) is 4.79 Å². The predicted octanol–water partition coefficient (Wildman–Crippen LogP) is 8.78. The third-order valence-corrected chi connectivity index (χ3v) is 16.2. The van der Waals surface area contributed by atoms with E-state index in [1.807, 2.05) is 41.5 Å². The van der Waals surface area contributed by atoms with E-state index in [1.165, 1.54) is 12.8 Å². The second kappa shape index (κ2) is 17.0. The highest BCUT2D eigenvalue weighted by atomic mass is 16.6. The van der Waals surface area contributed by atoms with E-state index in [0.717, 1.165) is 64.5 Å². The maximum atomic E-state index is 13.4. The summed E-state index contributed by atoms with van der Waals surface area (Å²) in [7, 11) is 0. The highest BCUT2D eigenvalue weighted by molar-refractivity contribution is 5.74. The Morgan fingerprint density at radius 1 is 0.727 bits per heavy atom. The second-order valence-electron chi connectivity index (χ2n) is 18.7. The smallest absolute Gasteiger partial charge is 0.410 e. The summed E-state index contributed by atoms with van der Waals surface area (Å²) >= 11 is 0. The summed E-state index contributed by atoms with van der Waals surface area (Å²) in [5.41, 5.74) is 0.456. The third kappa shape index (κ3) is 7.22. The van der Waals surface area contributed by atoms with Gasteiger partial charge in [-0.2, -0.15) is 0 Å². The van der Waals surface area contributed by atoms with E-state index in [9.17, 15) is 19.5 Å². The van der Waals surface area contributed by atoms with Crippen LogP contribution in [0, 0.1) is 51.2 Å². The Hall–Kier alpha value is -2.07. The number of aliphatic hydroxyl groups is 1. The lowest BCUT2D eigenvalue weighted by Gasteiger charge is -2.59. The summed E-state index contributed by atoms with van der Waals surface area (Å²) in [4.78, 5) is 43.3. The van der Waals surface area contributed by atoms with Gasteiger partial charge in [0.15, 0.2) is 0 Å². The second-order valence-corrected chi connectivity index (χ2v) is 18.7. The van der Waals surface area contributed by atoms with E-state index >= 15 is 0 Å². The molecule has 8 rings (SSSR count). The van der Waals surface area contributed by atoms with Crippen molar-refractivity contribution in [1.82, 2.24) is 14.7 Å². The summed E-state index contributed by atoms with van der Waals surface area (Å²) in [5, 5.41) is 12.3. The van der Waals surface area contributed by atoms with E-state index in [2.05, 4.69) is 34.6 Å². The van der Waals surface area contributed by atoms with Gasteiger partial charge >= 0.3 is 12.2 Å². The topological polar surface area (TPSA) is 109 Å². The molecule has 2 spiro atoms. The van der Waals surface area contributed by atoms with E-state index < -0.39 is 6.10 Å². The molecule has 0 aromatic rings. The Bertz CT molecular complexity index is 1350. The standard InChI is InChI=1S/C39H61N3O7.3C2H6/c1-23(2)32(49-35(46)41-16-7-17-41)27-10-8-26-33(47-27)31(44)30-25-9-11-28-36(4,5)29(48-34(45)42-20-18-40(19-21-42)24(3)43)12-13-39(28)22-38(25,39)15-14-37(26,30)6;3*1-2/h23,25-33,44H,7-22H2,1-6H3;3*1-2H3/t25?,26?,27?,28?,29?,30?,31-,32?,33?,37?,38?,39?;;;/m1.../s1. The highest BCUT2D eigenvalue weighted by Gasteiger charge is 2.82. The van der Waals surface area contributed by atoms with Gasteiger partial charge in [0.05, 0.1) is 18.3 Å². The van der Waals surface area contributed by atoms with E-state index in [4.69, 9.17) is 14.2 Å². The van der Waals surface area contributed by atoms with Crippen LogP contribution in [-0.2, 0) is 19.0 Å². The molecule has 0 aromatic carbocycles. The number of rotatable bonds is 4. The molecule has 1 N–H and O–H groups in total. The number of nitrogens with zero attached hydrogens (tertiary/aromatic N) is 3. The number of fused-ring (bicyclic) bond motifs is 4. The van der Waals surface area contributed by atoms with Crippen molar-refractivity contribution in [1.29, 1.82) is 0 Å². The zero-order chi connectivity index (χ0) is 40.7. The molecule has 5 aliphatic carbocycles. The van der Waals surface area contributed by atoms with Gasteiger partial charge in [-0.15, -0.1) is 0 Å². The summed E-state index contributed by atoms with van der Waals surface area (Å²) in [6.45, 7) is 28.7. The van der Waals surface area contributed by atoms with Crippen LogP contribution in [0.1, 0.15) is 147 Å². The molecule has 3 aliphatic heterocycles.